The average molecular weight is 1140 g/mol. The molecule has 3 heterocycles. The minimum Gasteiger partial charge on any atom is -0.479 e. The van der Waals surface area contributed by atoms with E-state index in [1.807, 2.05) is 6.92 Å². The first-order valence-electron chi connectivity index (χ1n) is 27.4. The van der Waals surface area contributed by atoms with Gasteiger partial charge in [0.15, 0.2) is 24.8 Å². The van der Waals surface area contributed by atoms with Crippen molar-refractivity contribution in [3.63, 3.8) is 0 Å². The number of aliphatic hydroxyl groups excluding tert-OH is 5. The van der Waals surface area contributed by atoms with Crippen molar-refractivity contribution < 1.29 is 73.4 Å². The van der Waals surface area contributed by atoms with E-state index in [1.54, 1.807) is 18.2 Å². The van der Waals surface area contributed by atoms with Crippen LogP contribution in [0.3, 0.4) is 0 Å². The van der Waals surface area contributed by atoms with Gasteiger partial charge in [-0.25, -0.2) is 9.59 Å². The van der Waals surface area contributed by atoms with E-state index in [0.717, 1.165) is 94.6 Å². The Hall–Kier alpha value is -3.27. The lowest BCUT2D eigenvalue weighted by molar-refractivity contribution is -0.349. The highest BCUT2D eigenvalue weighted by Crippen LogP contribution is 2.41. The van der Waals surface area contributed by atoms with Crippen molar-refractivity contribution in [1.29, 1.82) is 0 Å². The number of aliphatic hydroxyl groups is 5. The van der Waals surface area contributed by atoms with Gasteiger partial charge in [0.25, 0.3) is 0 Å². The Morgan fingerprint density at radius 1 is 0.816 bits per heavy atom. The molecule has 0 radical (unpaired) electrons. The zero-order valence-electron chi connectivity index (χ0n) is 43.9. The molecule has 5 fully saturated rings. The number of esters is 1. The molecule has 3 aliphatic heterocycles. The molecule has 5 aliphatic rings. The number of carbonyl (C=O) groups is 3. The van der Waals surface area contributed by atoms with E-state index in [0.29, 0.717) is 32.5 Å². The molecule has 2 aromatic rings. The molecule has 2 aromatic carbocycles. The molecule has 15 atom stereocenters. The number of ether oxygens (including phenoxy) is 6. The molecule has 11 N–H and O–H groups in total. The Morgan fingerprint density at radius 3 is 2.25 bits per heavy atom. The summed E-state index contributed by atoms with van der Waals surface area (Å²) in [6.45, 7) is 12.6. The van der Waals surface area contributed by atoms with Gasteiger partial charge in [-0.15, -0.1) is 0 Å². The van der Waals surface area contributed by atoms with Crippen molar-refractivity contribution in [2.24, 2.45) is 17.8 Å². The summed E-state index contributed by atoms with van der Waals surface area (Å²) in [5.41, 5.74) is 2.43. The molecular formula is C54H83BrN6O15. The number of carboxylic acid groups (broad SMARTS) is 1. The van der Waals surface area contributed by atoms with Gasteiger partial charge >= 0.3 is 11.9 Å². The van der Waals surface area contributed by atoms with Gasteiger partial charge in [0.2, 0.25) is 5.91 Å². The number of hydrogen-bond acceptors (Lipinski definition) is 19. The van der Waals surface area contributed by atoms with Gasteiger partial charge in [-0.2, -0.15) is 0 Å². The van der Waals surface area contributed by atoms with Gasteiger partial charge in [-0.05, 0) is 106 Å². The van der Waals surface area contributed by atoms with Crippen LogP contribution < -0.4 is 26.6 Å². The van der Waals surface area contributed by atoms with Crippen molar-refractivity contribution in [2.45, 2.75) is 158 Å². The summed E-state index contributed by atoms with van der Waals surface area (Å²) in [5.74, 6) is -3.41. The monoisotopic (exact) mass is 1130 g/mol. The zero-order valence-corrected chi connectivity index (χ0v) is 45.5. The van der Waals surface area contributed by atoms with Crippen LogP contribution in [-0.2, 0) is 51.1 Å². The second-order valence-electron chi connectivity index (χ2n) is 21.0. The maximum atomic E-state index is 14.2. The first-order valence-corrected chi connectivity index (χ1v) is 28.2. The number of carbonyl (C=O) groups excluding carboxylic acids is 2. The van der Waals surface area contributed by atoms with Gasteiger partial charge in [0, 0.05) is 62.7 Å². The lowest BCUT2D eigenvalue weighted by atomic mass is 9.75. The number of amides is 1. The normalized spacial score (nSPS) is 32.9. The Kier molecular flexibility index (Phi) is 24.1. The van der Waals surface area contributed by atoms with Crippen LogP contribution in [0, 0.1) is 17.8 Å². The van der Waals surface area contributed by atoms with E-state index < -0.39 is 110 Å². The molecule has 0 spiro atoms. The fraction of sp³-hybridized carbons (Fsp3) is 0.722. The summed E-state index contributed by atoms with van der Waals surface area (Å²) in [6, 6.07) is 14.5. The third kappa shape index (κ3) is 17.4. The van der Waals surface area contributed by atoms with Gasteiger partial charge < -0.3 is 85.6 Å². The number of benzene rings is 2. The summed E-state index contributed by atoms with van der Waals surface area (Å²) >= 11 is 3.80. The summed E-state index contributed by atoms with van der Waals surface area (Å²) in [4.78, 5) is 43.1. The second-order valence-corrected chi connectivity index (χ2v) is 21.8. The largest absolute Gasteiger partial charge is 0.479 e. The molecular weight excluding hydrogens is 1050 g/mol. The third-order valence-corrected chi connectivity index (χ3v) is 15.9. The molecule has 7 rings (SSSR count). The number of nitrogens with one attached hydrogen (secondary N) is 5. The summed E-state index contributed by atoms with van der Waals surface area (Å²) in [7, 11) is 0. The topological polar surface area (TPSA) is 291 Å². The number of aliphatic carboxylic acids is 1. The molecule has 1 amide bonds. The first-order chi connectivity index (χ1) is 36.7. The maximum absolute atomic E-state index is 14.2. The fourth-order valence-corrected chi connectivity index (χ4v) is 11.1. The second kappa shape index (κ2) is 30.4. The van der Waals surface area contributed by atoms with E-state index in [9.17, 15) is 45.0 Å². The highest BCUT2D eigenvalue weighted by atomic mass is 79.9. The van der Waals surface area contributed by atoms with E-state index in [-0.39, 0.29) is 30.2 Å². The summed E-state index contributed by atoms with van der Waals surface area (Å²) < 4.78 is 38.5. The van der Waals surface area contributed by atoms with E-state index in [4.69, 9.17) is 28.4 Å². The first kappa shape index (κ1) is 60.4. The molecule has 0 aromatic heterocycles. The van der Waals surface area contributed by atoms with Gasteiger partial charge in [-0.3, -0.25) is 9.69 Å². The summed E-state index contributed by atoms with van der Waals surface area (Å²) in [5, 5.41) is 81.9. The predicted octanol–water partition coefficient (Wildman–Crippen LogP) is 0.996. The van der Waals surface area contributed by atoms with Crippen LogP contribution in [0.5, 0.6) is 0 Å². The molecule has 3 saturated heterocycles. The van der Waals surface area contributed by atoms with Gasteiger partial charge in [0.05, 0.1) is 30.5 Å². The van der Waals surface area contributed by atoms with E-state index in [2.05, 4.69) is 65.6 Å². The van der Waals surface area contributed by atoms with Crippen molar-refractivity contribution >= 4 is 33.8 Å². The van der Waals surface area contributed by atoms with Crippen molar-refractivity contribution in [2.75, 3.05) is 72.1 Å². The maximum Gasteiger partial charge on any atom is 0.338 e. The molecule has 0 bridgehead atoms. The molecule has 14 unspecified atom stereocenters. The predicted molar refractivity (Wildman–Crippen MR) is 282 cm³/mol. The number of nitrogens with zero attached hydrogens (tertiary/aromatic N) is 1. The Morgan fingerprint density at radius 2 is 1.55 bits per heavy atom. The highest BCUT2D eigenvalue weighted by Gasteiger charge is 2.54. The number of carboxylic acids is 1. The lowest BCUT2D eigenvalue weighted by Gasteiger charge is -2.48. The van der Waals surface area contributed by atoms with E-state index in [1.165, 1.54) is 24.6 Å². The zero-order chi connectivity index (χ0) is 54.1. The van der Waals surface area contributed by atoms with Gasteiger partial charge in [-0.1, -0.05) is 72.4 Å². The SMILES string of the molecule is CCC1CC(C(=O)NCCNCc2ccc(CN3CCCNCCNCCCNCC3)cc2Br)CC(OC2OC(CO)C(O)C(O[C@@H](CC3CC3)C(=O)O)C2OC(=O)c2ccccc2)C1OC1OC(C)C(O)C(O)C1O. The fourth-order valence-electron chi connectivity index (χ4n) is 10.5. The van der Waals surface area contributed by atoms with Crippen LogP contribution in [0.2, 0.25) is 0 Å². The summed E-state index contributed by atoms with van der Waals surface area (Å²) in [6.07, 6.45) is -13.7. The number of halogens is 1. The van der Waals surface area contributed by atoms with Crippen LogP contribution in [0.25, 0.3) is 0 Å². The molecule has 76 heavy (non-hydrogen) atoms. The molecule has 21 nitrogen and oxygen atoms in total. The highest BCUT2D eigenvalue weighted by molar-refractivity contribution is 9.10. The minimum absolute atomic E-state index is 0.00231. The lowest BCUT2D eigenvalue weighted by Crippen LogP contribution is -2.64. The van der Waals surface area contributed by atoms with Crippen molar-refractivity contribution in [1.82, 2.24) is 31.5 Å². The third-order valence-electron chi connectivity index (χ3n) is 15.2. The Balaban J connectivity index is 1.03. The molecule has 2 aliphatic carbocycles. The number of hydrogen-bond donors (Lipinski definition) is 11. The van der Waals surface area contributed by atoms with Crippen LogP contribution in [-0.4, -0.2) is 205 Å². The van der Waals surface area contributed by atoms with Crippen LogP contribution in [0.1, 0.15) is 86.7 Å². The molecule has 426 valence electrons. The smallest absolute Gasteiger partial charge is 0.338 e. The standard InChI is InChI=1S/C54H83BrN6O15/c1-3-35-27-38(50(67)60-21-20-59-29-37-14-13-34(25-39(37)55)30-61-23-8-17-57-19-18-56-15-7-16-58-22-24-61)28-40(47(35)76-53-46(66)45(65)43(63)32(2)71-53)73-54-49(75-52(70)36-9-5-4-6-10-36)48(44(64)42(31-62)74-54)72-41(51(68)69)26-33-11-12-33/h4-6,9-10,13-14,25,32-33,35,38,40-49,53-54,56-59,62-66H,3,7-8,11-12,15-24,26-31H2,1-2H3,(H,60,67)(H,68,69)/t32?,35?,38?,40?,41-,42?,43?,44?,45?,46?,47?,48?,49?,53?,54?/m0/s1. The van der Waals surface area contributed by atoms with Crippen molar-refractivity contribution in [3.05, 3.63) is 69.7 Å². The molecule has 2 saturated carbocycles. The van der Waals surface area contributed by atoms with Gasteiger partial charge in [0.1, 0.15) is 36.6 Å². The van der Waals surface area contributed by atoms with E-state index >= 15 is 0 Å². The van der Waals surface area contributed by atoms with Crippen molar-refractivity contribution in [3.8, 4) is 0 Å². The van der Waals surface area contributed by atoms with Crippen LogP contribution >= 0.6 is 15.9 Å². The van der Waals surface area contributed by atoms with Crippen LogP contribution in [0.4, 0.5) is 0 Å². The minimum atomic E-state index is -1.68. The number of rotatable bonds is 21. The Labute approximate surface area is 454 Å². The van der Waals surface area contributed by atoms with Crippen LogP contribution in [0.15, 0.2) is 53.0 Å². The average Bonchev–Trinajstić information content (AvgIpc) is 4.25. The molecule has 22 heteroatoms. The Bertz CT molecular complexity index is 2090. The quantitative estimate of drug-likeness (QED) is 0.0614.